The van der Waals surface area contributed by atoms with Crippen LogP contribution in [0.15, 0.2) is 0 Å². The molecule has 2 saturated heterocycles. The predicted molar refractivity (Wildman–Crippen MR) is 57.8 cm³/mol. The van der Waals surface area contributed by atoms with E-state index in [0.29, 0.717) is 18.4 Å². The van der Waals surface area contributed by atoms with Gasteiger partial charge >= 0.3 is 0 Å². The van der Waals surface area contributed by atoms with Gasteiger partial charge in [-0.15, -0.1) is 0 Å². The average molecular weight is 225 g/mol. The number of carbonyl (C=O) groups is 1. The molecule has 16 heavy (non-hydrogen) atoms. The van der Waals surface area contributed by atoms with E-state index in [9.17, 15) is 4.79 Å². The van der Waals surface area contributed by atoms with Crippen LogP contribution in [0.25, 0.3) is 0 Å². The normalized spacial score (nSPS) is 34.5. The Morgan fingerprint density at radius 3 is 2.38 bits per heavy atom. The lowest BCUT2D eigenvalue weighted by molar-refractivity contribution is -0.183. The van der Waals surface area contributed by atoms with Crippen molar-refractivity contribution in [3.63, 3.8) is 0 Å². The molecule has 1 aliphatic carbocycles. The summed E-state index contributed by atoms with van der Waals surface area (Å²) in [7, 11) is 0. The van der Waals surface area contributed by atoms with Crippen LogP contribution in [0.5, 0.6) is 0 Å². The molecule has 0 bridgehead atoms. The number of rotatable bonds is 1. The van der Waals surface area contributed by atoms with Crippen molar-refractivity contribution in [3.05, 3.63) is 0 Å². The van der Waals surface area contributed by atoms with E-state index in [1.165, 1.54) is 0 Å². The maximum absolute atomic E-state index is 11.2. The number of nitrogens with one attached hydrogen (secondary N) is 1. The number of amides is 1. The van der Waals surface area contributed by atoms with E-state index < -0.39 is 0 Å². The summed E-state index contributed by atoms with van der Waals surface area (Å²) in [5.74, 6) is 0.586. The van der Waals surface area contributed by atoms with Crippen molar-refractivity contribution >= 4 is 5.91 Å². The highest BCUT2D eigenvalue weighted by Crippen LogP contribution is 2.40. The van der Waals surface area contributed by atoms with Crippen molar-refractivity contribution in [2.45, 2.75) is 50.4 Å². The highest BCUT2D eigenvalue weighted by molar-refractivity contribution is 5.78. The van der Waals surface area contributed by atoms with Gasteiger partial charge < -0.3 is 14.8 Å². The van der Waals surface area contributed by atoms with E-state index in [1.54, 1.807) is 0 Å². The molecular formula is C12H19NO3. The van der Waals surface area contributed by atoms with Crippen molar-refractivity contribution in [1.82, 2.24) is 5.32 Å². The molecule has 1 amide bonds. The van der Waals surface area contributed by atoms with E-state index in [4.69, 9.17) is 9.47 Å². The Morgan fingerprint density at radius 1 is 1.12 bits per heavy atom. The highest BCUT2D eigenvalue weighted by Gasteiger charge is 2.42. The minimum Gasteiger partial charge on any atom is -0.353 e. The van der Waals surface area contributed by atoms with Gasteiger partial charge in [0.05, 0.1) is 13.2 Å². The summed E-state index contributed by atoms with van der Waals surface area (Å²) in [5.41, 5.74) is 0. The number of ether oxygens (including phenoxy) is 2. The molecule has 1 atom stereocenters. The zero-order valence-corrected chi connectivity index (χ0v) is 9.54. The Labute approximate surface area is 95.7 Å². The Morgan fingerprint density at radius 2 is 1.81 bits per heavy atom. The van der Waals surface area contributed by atoms with E-state index in [-0.39, 0.29) is 11.7 Å². The second kappa shape index (κ2) is 4.00. The summed E-state index contributed by atoms with van der Waals surface area (Å²) in [6.07, 6.45) is 5.93. The minimum atomic E-state index is -0.265. The molecule has 4 nitrogen and oxygen atoms in total. The highest BCUT2D eigenvalue weighted by atomic mass is 16.7. The molecule has 3 aliphatic rings. The van der Waals surface area contributed by atoms with Crippen LogP contribution >= 0.6 is 0 Å². The number of carbonyl (C=O) groups excluding carboxylic acids is 1. The van der Waals surface area contributed by atoms with Crippen LogP contribution in [-0.2, 0) is 14.3 Å². The SMILES string of the molecule is O=C1CCC(C2CCC3(CC2)OCCO3)N1. The summed E-state index contributed by atoms with van der Waals surface area (Å²) in [6.45, 7) is 1.48. The molecule has 2 aliphatic heterocycles. The van der Waals surface area contributed by atoms with Crippen LogP contribution in [0, 0.1) is 5.92 Å². The molecule has 4 heteroatoms. The zero-order valence-electron chi connectivity index (χ0n) is 9.54. The van der Waals surface area contributed by atoms with Crippen LogP contribution in [0.1, 0.15) is 38.5 Å². The summed E-state index contributed by atoms with van der Waals surface area (Å²) in [4.78, 5) is 11.2. The Hall–Kier alpha value is -0.610. The van der Waals surface area contributed by atoms with Crippen molar-refractivity contribution in [2.75, 3.05) is 13.2 Å². The largest absolute Gasteiger partial charge is 0.353 e. The van der Waals surface area contributed by atoms with Crippen LogP contribution in [-0.4, -0.2) is 30.9 Å². The summed E-state index contributed by atoms with van der Waals surface area (Å²) in [5, 5.41) is 3.08. The lowest BCUT2D eigenvalue weighted by atomic mass is 9.80. The van der Waals surface area contributed by atoms with Crippen LogP contribution in [0.2, 0.25) is 0 Å². The van der Waals surface area contributed by atoms with Gasteiger partial charge in [-0.3, -0.25) is 4.79 Å². The first-order valence-electron chi connectivity index (χ1n) is 6.35. The third kappa shape index (κ3) is 1.84. The fourth-order valence-electron chi connectivity index (χ4n) is 3.26. The fraction of sp³-hybridized carbons (Fsp3) is 0.917. The maximum Gasteiger partial charge on any atom is 0.220 e. The molecule has 0 aromatic carbocycles. The standard InChI is InChI=1S/C12H19NO3/c14-11-2-1-10(13-11)9-3-5-12(6-4-9)15-7-8-16-12/h9-10H,1-8H2,(H,13,14). The maximum atomic E-state index is 11.2. The van der Waals surface area contributed by atoms with Crippen molar-refractivity contribution in [2.24, 2.45) is 5.92 Å². The first-order valence-corrected chi connectivity index (χ1v) is 6.35. The van der Waals surface area contributed by atoms with Crippen LogP contribution < -0.4 is 5.32 Å². The van der Waals surface area contributed by atoms with Crippen LogP contribution in [0.3, 0.4) is 0 Å². The van der Waals surface area contributed by atoms with Crippen LogP contribution in [0.4, 0.5) is 0 Å². The van der Waals surface area contributed by atoms with Gasteiger partial charge in [-0.2, -0.15) is 0 Å². The molecule has 0 radical (unpaired) electrons. The third-order valence-corrected chi connectivity index (χ3v) is 4.20. The lowest BCUT2D eigenvalue weighted by Gasteiger charge is -2.37. The average Bonchev–Trinajstić information content (AvgIpc) is 2.90. The summed E-state index contributed by atoms with van der Waals surface area (Å²) in [6, 6.07) is 0.409. The molecule has 0 aromatic rings. The van der Waals surface area contributed by atoms with Gasteiger partial charge in [0.15, 0.2) is 5.79 Å². The third-order valence-electron chi connectivity index (χ3n) is 4.20. The molecular weight excluding hydrogens is 206 g/mol. The van der Waals surface area contributed by atoms with Crippen molar-refractivity contribution in [3.8, 4) is 0 Å². The first kappa shape index (κ1) is 10.5. The Kier molecular flexibility index (Phi) is 2.64. The fourth-order valence-corrected chi connectivity index (χ4v) is 3.26. The van der Waals surface area contributed by atoms with E-state index in [2.05, 4.69) is 5.32 Å². The first-order chi connectivity index (χ1) is 7.77. The number of hydrogen-bond donors (Lipinski definition) is 1. The van der Waals surface area contributed by atoms with Gasteiger partial charge in [-0.25, -0.2) is 0 Å². The van der Waals surface area contributed by atoms with Crippen molar-refractivity contribution in [1.29, 1.82) is 0 Å². The molecule has 1 spiro atoms. The minimum absolute atomic E-state index is 0.221. The van der Waals surface area contributed by atoms with Gasteiger partial charge in [-0.05, 0) is 25.2 Å². The van der Waals surface area contributed by atoms with Gasteiger partial charge in [0, 0.05) is 25.3 Å². The smallest absolute Gasteiger partial charge is 0.220 e. The Bertz CT molecular complexity index is 276. The molecule has 1 N–H and O–H groups in total. The molecule has 90 valence electrons. The molecule has 0 aromatic heterocycles. The second-order valence-corrected chi connectivity index (χ2v) is 5.16. The molecule has 3 rings (SSSR count). The number of hydrogen-bond acceptors (Lipinski definition) is 3. The summed E-state index contributed by atoms with van der Waals surface area (Å²) >= 11 is 0. The quantitative estimate of drug-likeness (QED) is 0.729. The van der Waals surface area contributed by atoms with Crippen molar-refractivity contribution < 1.29 is 14.3 Å². The zero-order chi connectivity index (χ0) is 11.0. The van der Waals surface area contributed by atoms with Gasteiger partial charge in [0.25, 0.3) is 0 Å². The van der Waals surface area contributed by atoms with Gasteiger partial charge in [-0.1, -0.05) is 0 Å². The van der Waals surface area contributed by atoms with E-state index >= 15 is 0 Å². The monoisotopic (exact) mass is 225 g/mol. The van der Waals surface area contributed by atoms with Gasteiger partial charge in [0.2, 0.25) is 5.91 Å². The second-order valence-electron chi connectivity index (χ2n) is 5.16. The topological polar surface area (TPSA) is 47.6 Å². The molecule has 1 saturated carbocycles. The molecule has 2 heterocycles. The van der Waals surface area contributed by atoms with E-state index in [0.717, 1.165) is 45.3 Å². The lowest BCUT2D eigenvalue weighted by Crippen LogP contribution is -2.41. The Balaban J connectivity index is 1.56. The van der Waals surface area contributed by atoms with E-state index in [1.807, 2.05) is 0 Å². The molecule has 3 fully saturated rings. The van der Waals surface area contributed by atoms with Gasteiger partial charge in [0.1, 0.15) is 0 Å². The predicted octanol–water partition coefficient (Wildman–Crippen LogP) is 1.20. The summed E-state index contributed by atoms with van der Waals surface area (Å²) < 4.78 is 11.4. The molecule has 1 unspecified atom stereocenters.